The highest BCUT2D eigenvalue weighted by Crippen LogP contribution is 2.20. The number of nitrogens with one attached hydrogen (secondary N) is 2. The zero-order valence-corrected chi connectivity index (χ0v) is 15.0. The molecule has 7 nitrogen and oxygen atoms in total. The fraction of sp³-hybridized carbons (Fsp3) is 0.294. The molecule has 25 heavy (non-hydrogen) atoms. The van der Waals surface area contributed by atoms with Crippen LogP contribution in [0.4, 0.5) is 5.69 Å². The summed E-state index contributed by atoms with van der Waals surface area (Å²) in [6, 6.07) is 5.29. The molecule has 3 aromatic rings. The average molecular weight is 358 g/mol. The number of benzene rings is 1. The maximum atomic E-state index is 12.2. The number of amides is 1. The minimum Gasteiger partial charge on any atom is -0.441 e. The van der Waals surface area contributed by atoms with Gasteiger partial charge in [-0.15, -0.1) is 0 Å². The number of oxazole rings is 1. The van der Waals surface area contributed by atoms with Crippen LogP contribution in [0.2, 0.25) is 0 Å². The molecular weight excluding hydrogens is 340 g/mol. The van der Waals surface area contributed by atoms with Crippen molar-refractivity contribution in [3.63, 3.8) is 0 Å². The van der Waals surface area contributed by atoms with E-state index in [1.54, 1.807) is 32.0 Å². The van der Waals surface area contributed by atoms with Crippen LogP contribution in [0.1, 0.15) is 23.6 Å². The van der Waals surface area contributed by atoms with Crippen LogP contribution in [0.25, 0.3) is 11.1 Å². The highest BCUT2D eigenvalue weighted by atomic mass is 32.2. The number of aromatic amines is 1. The lowest BCUT2D eigenvalue weighted by atomic mass is 10.1. The molecule has 0 fully saturated rings. The Morgan fingerprint density at radius 3 is 2.84 bits per heavy atom. The molecule has 0 aliphatic rings. The van der Waals surface area contributed by atoms with Gasteiger partial charge < -0.3 is 14.7 Å². The van der Waals surface area contributed by atoms with Crippen molar-refractivity contribution in [1.29, 1.82) is 0 Å². The predicted octanol–water partition coefficient (Wildman–Crippen LogP) is 2.82. The Balaban J connectivity index is 1.67. The molecule has 0 atom stereocenters. The first-order chi connectivity index (χ1) is 12.0. The van der Waals surface area contributed by atoms with Gasteiger partial charge in [-0.25, -0.2) is 9.97 Å². The van der Waals surface area contributed by atoms with Gasteiger partial charge in [-0.05, 0) is 37.8 Å². The Labute approximate surface area is 148 Å². The molecule has 0 spiro atoms. The summed E-state index contributed by atoms with van der Waals surface area (Å²) in [5.74, 6) is 0.404. The van der Waals surface area contributed by atoms with E-state index in [0.29, 0.717) is 45.5 Å². The quantitative estimate of drug-likeness (QED) is 0.537. The number of anilines is 1. The normalized spacial score (nSPS) is 11.0. The molecule has 0 bridgehead atoms. The Bertz CT molecular complexity index is 993. The third-order valence-electron chi connectivity index (χ3n) is 3.77. The number of fused-ring (bicyclic) bond motifs is 1. The van der Waals surface area contributed by atoms with Crippen LogP contribution in [0.15, 0.2) is 32.6 Å². The number of rotatable bonds is 5. The van der Waals surface area contributed by atoms with Crippen LogP contribution in [0.3, 0.4) is 0 Å². The molecule has 2 heterocycles. The largest absolute Gasteiger partial charge is 0.441 e. The molecule has 2 aromatic heterocycles. The van der Waals surface area contributed by atoms with Gasteiger partial charge in [-0.3, -0.25) is 9.59 Å². The first-order valence-electron chi connectivity index (χ1n) is 7.77. The summed E-state index contributed by atoms with van der Waals surface area (Å²) in [6.07, 6.45) is 2.37. The first kappa shape index (κ1) is 17.2. The van der Waals surface area contributed by atoms with E-state index < -0.39 is 0 Å². The summed E-state index contributed by atoms with van der Waals surface area (Å²) in [7, 11) is 0. The van der Waals surface area contributed by atoms with Crippen molar-refractivity contribution in [3.05, 3.63) is 45.7 Å². The minimum absolute atomic E-state index is 0.174. The molecule has 0 unspecified atom stereocenters. The van der Waals surface area contributed by atoms with E-state index >= 15 is 0 Å². The maximum absolute atomic E-state index is 12.2. The van der Waals surface area contributed by atoms with Gasteiger partial charge in [0.2, 0.25) is 5.91 Å². The van der Waals surface area contributed by atoms with Gasteiger partial charge in [0.25, 0.3) is 5.56 Å². The number of hydrogen-bond donors (Lipinski definition) is 2. The molecule has 0 radical (unpaired) electrons. The lowest BCUT2D eigenvalue weighted by molar-refractivity contribution is -0.116. The number of aromatic nitrogens is 3. The zero-order valence-electron chi connectivity index (χ0n) is 14.2. The summed E-state index contributed by atoms with van der Waals surface area (Å²) in [4.78, 5) is 35.5. The molecule has 0 saturated heterocycles. The second kappa shape index (κ2) is 7.10. The van der Waals surface area contributed by atoms with E-state index in [0.717, 1.165) is 0 Å². The SMILES string of the molecule is CSc1nc(C)c(CCC(=O)Nc2ccc3oc(C)nc3c2)c(=O)[nH]1. The number of H-pyrrole nitrogens is 1. The minimum atomic E-state index is -0.191. The zero-order chi connectivity index (χ0) is 18.0. The van der Waals surface area contributed by atoms with Gasteiger partial charge in [0, 0.05) is 30.3 Å². The summed E-state index contributed by atoms with van der Waals surface area (Å²) in [6.45, 7) is 3.55. The highest BCUT2D eigenvalue weighted by Gasteiger charge is 2.11. The van der Waals surface area contributed by atoms with Crippen LogP contribution in [-0.4, -0.2) is 27.1 Å². The van der Waals surface area contributed by atoms with Crippen LogP contribution >= 0.6 is 11.8 Å². The Kier molecular flexibility index (Phi) is 4.89. The molecule has 8 heteroatoms. The third kappa shape index (κ3) is 3.90. The van der Waals surface area contributed by atoms with Gasteiger partial charge in [-0.1, -0.05) is 11.8 Å². The van der Waals surface area contributed by atoms with Crippen molar-refractivity contribution in [3.8, 4) is 0 Å². The van der Waals surface area contributed by atoms with Gasteiger partial charge in [0.1, 0.15) is 5.52 Å². The molecule has 0 saturated carbocycles. The Morgan fingerprint density at radius 1 is 1.32 bits per heavy atom. The van der Waals surface area contributed by atoms with E-state index in [4.69, 9.17) is 4.42 Å². The predicted molar refractivity (Wildman–Crippen MR) is 97.1 cm³/mol. The maximum Gasteiger partial charge on any atom is 0.254 e. The van der Waals surface area contributed by atoms with E-state index in [1.807, 2.05) is 6.26 Å². The van der Waals surface area contributed by atoms with Crippen molar-refractivity contribution >= 4 is 34.5 Å². The van der Waals surface area contributed by atoms with Crippen LogP contribution in [0, 0.1) is 13.8 Å². The van der Waals surface area contributed by atoms with Gasteiger partial charge >= 0.3 is 0 Å². The fourth-order valence-corrected chi connectivity index (χ4v) is 2.98. The Hall–Kier alpha value is -2.61. The van der Waals surface area contributed by atoms with Crippen LogP contribution in [0.5, 0.6) is 0 Å². The highest BCUT2D eigenvalue weighted by molar-refractivity contribution is 7.98. The van der Waals surface area contributed by atoms with E-state index in [9.17, 15) is 9.59 Å². The summed E-state index contributed by atoms with van der Waals surface area (Å²) >= 11 is 1.38. The van der Waals surface area contributed by atoms with Gasteiger partial charge in [0.05, 0.1) is 0 Å². The topological polar surface area (TPSA) is 101 Å². The molecule has 2 N–H and O–H groups in total. The number of nitrogens with zero attached hydrogens (tertiary/aromatic N) is 2. The molecule has 130 valence electrons. The molecule has 0 aliphatic carbocycles. The smallest absolute Gasteiger partial charge is 0.254 e. The third-order valence-corrected chi connectivity index (χ3v) is 4.35. The van der Waals surface area contributed by atoms with E-state index in [2.05, 4.69) is 20.3 Å². The summed E-state index contributed by atoms with van der Waals surface area (Å²) in [5, 5.41) is 3.39. The Morgan fingerprint density at radius 2 is 2.12 bits per heavy atom. The monoisotopic (exact) mass is 358 g/mol. The second-order valence-electron chi connectivity index (χ2n) is 5.60. The average Bonchev–Trinajstić information content (AvgIpc) is 2.93. The van der Waals surface area contributed by atoms with Crippen LogP contribution < -0.4 is 10.9 Å². The van der Waals surface area contributed by atoms with Crippen molar-refractivity contribution in [2.45, 2.75) is 31.8 Å². The lowest BCUT2D eigenvalue weighted by Gasteiger charge is -2.07. The van der Waals surface area contributed by atoms with Crippen molar-refractivity contribution in [2.24, 2.45) is 0 Å². The number of carbonyl (C=O) groups is 1. The van der Waals surface area contributed by atoms with E-state index in [1.165, 1.54) is 11.8 Å². The summed E-state index contributed by atoms with van der Waals surface area (Å²) in [5.41, 5.74) is 3.02. The second-order valence-corrected chi connectivity index (χ2v) is 6.40. The summed E-state index contributed by atoms with van der Waals surface area (Å²) < 4.78 is 5.41. The number of carbonyl (C=O) groups excluding carboxylic acids is 1. The van der Waals surface area contributed by atoms with Crippen molar-refractivity contribution < 1.29 is 9.21 Å². The van der Waals surface area contributed by atoms with Crippen LogP contribution in [-0.2, 0) is 11.2 Å². The van der Waals surface area contributed by atoms with Crippen molar-refractivity contribution in [1.82, 2.24) is 15.0 Å². The molecular formula is C17H18N4O3S. The number of aryl methyl sites for hydroxylation is 2. The van der Waals surface area contributed by atoms with Gasteiger partial charge in [-0.2, -0.15) is 0 Å². The van der Waals surface area contributed by atoms with E-state index in [-0.39, 0.29) is 17.9 Å². The van der Waals surface area contributed by atoms with Crippen molar-refractivity contribution in [2.75, 3.05) is 11.6 Å². The molecule has 0 aliphatic heterocycles. The molecule has 1 aromatic carbocycles. The number of hydrogen-bond acceptors (Lipinski definition) is 6. The standard InChI is InChI=1S/C17H18N4O3S/c1-9-12(16(23)21-17(18-9)25-3)5-7-15(22)20-11-4-6-14-13(8-11)19-10(2)24-14/h4,6,8H,5,7H2,1-3H3,(H,20,22)(H,18,21,23). The first-order valence-corrected chi connectivity index (χ1v) is 8.99. The fourth-order valence-electron chi connectivity index (χ4n) is 2.56. The molecule has 3 rings (SSSR count). The number of thioether (sulfide) groups is 1. The lowest BCUT2D eigenvalue weighted by Crippen LogP contribution is -2.20. The van der Waals surface area contributed by atoms with Gasteiger partial charge in [0.15, 0.2) is 16.6 Å². The molecule has 1 amide bonds.